The summed E-state index contributed by atoms with van der Waals surface area (Å²) >= 11 is 6.18. The highest BCUT2D eigenvalue weighted by Gasteiger charge is 2.42. The molecule has 184 valence electrons. The van der Waals surface area contributed by atoms with Gasteiger partial charge in [-0.2, -0.15) is 0 Å². The number of rotatable bonds is 8. The number of nitrogens with zero attached hydrogens (tertiary/aromatic N) is 2. The van der Waals surface area contributed by atoms with Crippen LogP contribution in [-0.4, -0.2) is 42.9 Å². The highest BCUT2D eigenvalue weighted by atomic mass is 35.5. The minimum absolute atomic E-state index is 0.0975. The zero-order chi connectivity index (χ0) is 25.2. The lowest BCUT2D eigenvalue weighted by atomic mass is 9.98. The van der Waals surface area contributed by atoms with Gasteiger partial charge in [0.1, 0.15) is 17.9 Å². The molecule has 0 saturated carbocycles. The molecule has 1 atom stereocenters. The van der Waals surface area contributed by atoms with Gasteiger partial charge in [-0.05, 0) is 68.5 Å². The van der Waals surface area contributed by atoms with E-state index in [2.05, 4.69) is 4.90 Å². The van der Waals surface area contributed by atoms with Crippen LogP contribution in [0.4, 0.5) is 0 Å². The Morgan fingerprint density at radius 3 is 2.58 bits per heavy atom. The maximum Gasteiger partial charge on any atom is 0.290 e. The van der Waals surface area contributed by atoms with E-state index in [1.54, 1.807) is 23.1 Å². The molecule has 1 amide bonds. The Kier molecular flexibility index (Phi) is 6.81. The number of amides is 1. The van der Waals surface area contributed by atoms with Gasteiger partial charge in [0.25, 0.3) is 5.91 Å². The Morgan fingerprint density at radius 2 is 1.81 bits per heavy atom. The number of ether oxygens (including phenoxy) is 1. The second-order valence-electron chi connectivity index (χ2n) is 9.22. The average Bonchev–Trinajstić information content (AvgIpc) is 3.15. The first-order valence-electron chi connectivity index (χ1n) is 11.9. The molecule has 0 unspecified atom stereocenters. The molecule has 0 N–H and O–H groups in total. The molecule has 0 radical (unpaired) electrons. The van der Waals surface area contributed by atoms with Crippen molar-refractivity contribution in [1.82, 2.24) is 9.80 Å². The molecule has 0 fully saturated rings. The van der Waals surface area contributed by atoms with Gasteiger partial charge in [0.05, 0.1) is 17.0 Å². The third kappa shape index (κ3) is 4.74. The Labute approximate surface area is 214 Å². The van der Waals surface area contributed by atoms with Crippen LogP contribution >= 0.6 is 11.6 Å². The summed E-state index contributed by atoms with van der Waals surface area (Å²) in [6, 6.07) is 21.8. The SMILES string of the molecule is CN(C)CCCN1C(=O)c2oc3ccc(Cl)cc3c(=O)c2[C@H]1c1cccc(OCc2ccccc2)c1. The van der Waals surface area contributed by atoms with Crippen LogP contribution in [0.1, 0.15) is 39.7 Å². The van der Waals surface area contributed by atoms with Crippen LogP contribution in [0, 0.1) is 0 Å². The van der Waals surface area contributed by atoms with Crippen molar-refractivity contribution in [3.8, 4) is 5.75 Å². The van der Waals surface area contributed by atoms with E-state index < -0.39 is 6.04 Å². The van der Waals surface area contributed by atoms with Crippen molar-refractivity contribution in [2.75, 3.05) is 27.2 Å². The molecule has 1 aliphatic rings. The molecule has 5 rings (SSSR count). The monoisotopic (exact) mass is 502 g/mol. The Balaban J connectivity index is 1.56. The van der Waals surface area contributed by atoms with Crippen molar-refractivity contribution in [2.24, 2.45) is 0 Å². The number of hydrogen-bond acceptors (Lipinski definition) is 5. The number of carbonyl (C=O) groups excluding carboxylic acids is 1. The molecule has 7 heteroatoms. The third-order valence-corrected chi connectivity index (χ3v) is 6.59. The highest BCUT2D eigenvalue weighted by molar-refractivity contribution is 6.31. The van der Waals surface area contributed by atoms with Gasteiger partial charge in [0.2, 0.25) is 5.76 Å². The zero-order valence-corrected chi connectivity index (χ0v) is 21.0. The number of hydrogen-bond donors (Lipinski definition) is 0. The topological polar surface area (TPSA) is 63.0 Å². The fourth-order valence-electron chi connectivity index (χ4n) is 4.64. The van der Waals surface area contributed by atoms with E-state index in [0.29, 0.717) is 40.5 Å². The standard InChI is InChI=1S/C29H27ClN2O4/c1-31(2)14-7-15-32-26(20-10-6-11-22(16-20)35-18-19-8-4-3-5-9-19)25-27(33)23-17-21(30)12-13-24(23)36-28(25)29(32)34/h3-6,8-13,16-17,26H,7,14-15,18H2,1-2H3/t26-/m1/s1. The van der Waals surface area contributed by atoms with Crippen molar-refractivity contribution in [1.29, 1.82) is 0 Å². The van der Waals surface area contributed by atoms with Crippen molar-refractivity contribution >= 4 is 28.5 Å². The van der Waals surface area contributed by atoms with Crippen LogP contribution in [-0.2, 0) is 6.61 Å². The number of carbonyl (C=O) groups is 1. The summed E-state index contributed by atoms with van der Waals surface area (Å²) in [4.78, 5) is 31.0. The molecule has 0 bridgehead atoms. The van der Waals surface area contributed by atoms with Crippen molar-refractivity contribution in [2.45, 2.75) is 19.1 Å². The van der Waals surface area contributed by atoms with E-state index in [4.69, 9.17) is 20.8 Å². The summed E-state index contributed by atoms with van der Waals surface area (Å²) in [5.41, 5.74) is 2.31. The van der Waals surface area contributed by atoms with Gasteiger partial charge in [0.15, 0.2) is 5.43 Å². The normalized spacial score (nSPS) is 15.1. The fourth-order valence-corrected chi connectivity index (χ4v) is 4.81. The lowest BCUT2D eigenvalue weighted by Gasteiger charge is -2.26. The summed E-state index contributed by atoms with van der Waals surface area (Å²) in [5.74, 6) is 0.484. The summed E-state index contributed by atoms with van der Waals surface area (Å²) < 4.78 is 12.0. The lowest BCUT2D eigenvalue weighted by Crippen LogP contribution is -2.32. The third-order valence-electron chi connectivity index (χ3n) is 6.35. The maximum atomic E-state index is 13.7. The molecule has 0 aliphatic carbocycles. The Morgan fingerprint density at radius 1 is 1.00 bits per heavy atom. The van der Waals surface area contributed by atoms with Gasteiger partial charge in [-0.25, -0.2) is 0 Å². The van der Waals surface area contributed by atoms with Gasteiger partial charge >= 0.3 is 0 Å². The number of halogens is 1. The minimum Gasteiger partial charge on any atom is -0.489 e. The summed E-state index contributed by atoms with van der Waals surface area (Å²) in [5, 5.41) is 0.806. The van der Waals surface area contributed by atoms with Gasteiger partial charge < -0.3 is 19.0 Å². The van der Waals surface area contributed by atoms with Crippen LogP contribution in [0.5, 0.6) is 5.75 Å². The molecule has 1 aliphatic heterocycles. The zero-order valence-electron chi connectivity index (χ0n) is 20.2. The van der Waals surface area contributed by atoms with Crippen LogP contribution in [0.3, 0.4) is 0 Å². The van der Waals surface area contributed by atoms with Crippen LogP contribution in [0.2, 0.25) is 5.02 Å². The van der Waals surface area contributed by atoms with Gasteiger partial charge in [-0.15, -0.1) is 0 Å². The minimum atomic E-state index is -0.574. The predicted molar refractivity (Wildman–Crippen MR) is 141 cm³/mol. The maximum absolute atomic E-state index is 13.7. The predicted octanol–water partition coefficient (Wildman–Crippen LogP) is 5.52. The molecule has 1 aromatic heterocycles. The molecule has 6 nitrogen and oxygen atoms in total. The first-order chi connectivity index (χ1) is 17.4. The number of benzene rings is 3. The highest BCUT2D eigenvalue weighted by Crippen LogP contribution is 2.39. The number of fused-ring (bicyclic) bond motifs is 2. The summed E-state index contributed by atoms with van der Waals surface area (Å²) in [7, 11) is 3.99. The second-order valence-corrected chi connectivity index (χ2v) is 9.66. The van der Waals surface area contributed by atoms with Crippen LogP contribution in [0.25, 0.3) is 11.0 Å². The largest absolute Gasteiger partial charge is 0.489 e. The summed E-state index contributed by atoms with van der Waals surface area (Å²) in [6.07, 6.45) is 0.757. The molecular weight excluding hydrogens is 476 g/mol. The van der Waals surface area contributed by atoms with E-state index in [-0.39, 0.29) is 17.1 Å². The smallest absolute Gasteiger partial charge is 0.290 e. The molecule has 36 heavy (non-hydrogen) atoms. The molecule has 4 aromatic rings. The Bertz CT molecular complexity index is 1470. The van der Waals surface area contributed by atoms with Crippen LogP contribution < -0.4 is 10.2 Å². The quantitative estimate of drug-likeness (QED) is 0.317. The Hall–Kier alpha value is -3.61. The van der Waals surface area contributed by atoms with E-state index >= 15 is 0 Å². The van der Waals surface area contributed by atoms with E-state index in [0.717, 1.165) is 24.1 Å². The van der Waals surface area contributed by atoms with E-state index in [1.807, 2.05) is 68.7 Å². The van der Waals surface area contributed by atoms with Crippen LogP contribution in [0.15, 0.2) is 82.0 Å². The second kappa shape index (κ2) is 10.2. The van der Waals surface area contributed by atoms with Crippen molar-refractivity contribution < 1.29 is 13.9 Å². The lowest BCUT2D eigenvalue weighted by molar-refractivity contribution is 0.0722. The average molecular weight is 503 g/mol. The summed E-state index contributed by atoms with van der Waals surface area (Å²) in [6.45, 7) is 1.71. The molecule has 3 aromatic carbocycles. The molecule has 2 heterocycles. The van der Waals surface area contributed by atoms with Crippen molar-refractivity contribution in [3.63, 3.8) is 0 Å². The van der Waals surface area contributed by atoms with Gasteiger partial charge in [-0.1, -0.05) is 54.1 Å². The van der Waals surface area contributed by atoms with E-state index in [1.165, 1.54) is 0 Å². The van der Waals surface area contributed by atoms with Gasteiger partial charge in [-0.3, -0.25) is 9.59 Å². The first-order valence-corrected chi connectivity index (χ1v) is 12.3. The molecular formula is C29H27ClN2O4. The molecule has 0 saturated heterocycles. The molecule has 0 spiro atoms. The first kappa shape index (κ1) is 24.1. The van der Waals surface area contributed by atoms with Gasteiger partial charge in [0, 0.05) is 11.6 Å². The fraction of sp³-hybridized carbons (Fsp3) is 0.241. The van der Waals surface area contributed by atoms with Crippen molar-refractivity contribution in [3.05, 3.63) is 110 Å². The van der Waals surface area contributed by atoms with E-state index in [9.17, 15) is 9.59 Å².